The van der Waals surface area contributed by atoms with E-state index in [9.17, 15) is 19.2 Å². The second-order valence-electron chi connectivity index (χ2n) is 8.56. The number of carboxylic acid groups (broad SMARTS) is 1. The van der Waals surface area contributed by atoms with E-state index < -0.39 is 23.7 Å². The van der Waals surface area contributed by atoms with Crippen molar-refractivity contribution in [2.24, 2.45) is 11.8 Å². The largest absolute Gasteiger partial charge is 0.480 e. The third-order valence-corrected chi connectivity index (χ3v) is 4.51. The normalized spacial score (nSPS) is 16.5. The average molecular weight is 399 g/mol. The zero-order valence-corrected chi connectivity index (χ0v) is 17.7. The Morgan fingerprint density at radius 2 is 1.71 bits per heavy atom. The number of nitrogens with one attached hydrogen (secondary N) is 1. The zero-order valence-electron chi connectivity index (χ0n) is 17.7. The van der Waals surface area contributed by atoms with Crippen molar-refractivity contribution in [3.63, 3.8) is 0 Å². The number of hydrogen-bond acceptors (Lipinski definition) is 5. The number of rotatable bonds is 6. The molecule has 0 bridgehead atoms. The summed E-state index contributed by atoms with van der Waals surface area (Å²) >= 11 is 0. The third kappa shape index (κ3) is 7.36. The SMILES string of the molecule is CC(C)[C@H](NC(=O)OC(C)(C)C)C(=O)N1CCC(C(=O)N(C)CC(=O)O)CC1. The van der Waals surface area contributed by atoms with Crippen molar-refractivity contribution in [3.05, 3.63) is 0 Å². The molecule has 28 heavy (non-hydrogen) atoms. The summed E-state index contributed by atoms with van der Waals surface area (Å²) in [4.78, 5) is 50.9. The molecule has 2 N–H and O–H groups in total. The van der Waals surface area contributed by atoms with Crippen molar-refractivity contribution < 1.29 is 29.0 Å². The number of piperidine rings is 1. The molecule has 0 radical (unpaired) electrons. The Bertz CT molecular complexity index is 591. The number of carbonyl (C=O) groups is 4. The van der Waals surface area contributed by atoms with Gasteiger partial charge in [0, 0.05) is 26.1 Å². The van der Waals surface area contributed by atoms with Gasteiger partial charge in [-0.05, 0) is 39.5 Å². The van der Waals surface area contributed by atoms with Crippen LogP contribution in [0, 0.1) is 11.8 Å². The van der Waals surface area contributed by atoms with Gasteiger partial charge in [0.15, 0.2) is 0 Å². The van der Waals surface area contributed by atoms with E-state index in [4.69, 9.17) is 9.84 Å². The number of ether oxygens (including phenoxy) is 1. The first-order valence-corrected chi connectivity index (χ1v) is 9.57. The first kappa shape index (κ1) is 23.7. The van der Waals surface area contributed by atoms with Crippen LogP contribution in [0.4, 0.5) is 4.79 Å². The lowest BCUT2D eigenvalue weighted by Crippen LogP contribution is -2.54. The van der Waals surface area contributed by atoms with Crippen LogP contribution in [-0.2, 0) is 19.1 Å². The molecule has 0 spiro atoms. The Labute approximate surface area is 166 Å². The summed E-state index contributed by atoms with van der Waals surface area (Å²) in [6, 6.07) is -0.711. The minimum atomic E-state index is -1.06. The fourth-order valence-corrected chi connectivity index (χ4v) is 3.08. The molecule has 1 rings (SSSR count). The summed E-state index contributed by atoms with van der Waals surface area (Å²) in [6.45, 7) is 9.37. The van der Waals surface area contributed by atoms with E-state index in [-0.39, 0.29) is 30.2 Å². The number of alkyl carbamates (subject to hydrolysis) is 1. The molecule has 1 aliphatic rings. The quantitative estimate of drug-likeness (QED) is 0.696. The Morgan fingerprint density at radius 3 is 2.14 bits per heavy atom. The lowest BCUT2D eigenvalue weighted by atomic mass is 9.94. The first-order valence-electron chi connectivity index (χ1n) is 9.57. The van der Waals surface area contributed by atoms with Gasteiger partial charge in [0.1, 0.15) is 18.2 Å². The van der Waals surface area contributed by atoms with Crippen molar-refractivity contribution in [1.82, 2.24) is 15.1 Å². The van der Waals surface area contributed by atoms with Crippen LogP contribution in [0.2, 0.25) is 0 Å². The molecule has 9 heteroatoms. The van der Waals surface area contributed by atoms with Gasteiger partial charge in [0.25, 0.3) is 0 Å². The van der Waals surface area contributed by atoms with E-state index in [0.717, 1.165) is 0 Å². The highest BCUT2D eigenvalue weighted by Gasteiger charge is 2.34. The fraction of sp³-hybridized carbons (Fsp3) is 0.789. The Hall–Kier alpha value is -2.32. The molecule has 1 fully saturated rings. The molecule has 160 valence electrons. The second kappa shape index (κ2) is 9.75. The first-order chi connectivity index (χ1) is 12.8. The molecule has 0 aromatic heterocycles. The van der Waals surface area contributed by atoms with Crippen molar-refractivity contribution in [1.29, 1.82) is 0 Å². The lowest BCUT2D eigenvalue weighted by Gasteiger charge is -2.36. The van der Waals surface area contributed by atoms with Gasteiger partial charge in [-0.1, -0.05) is 13.8 Å². The predicted octanol–water partition coefficient (Wildman–Crippen LogP) is 1.32. The van der Waals surface area contributed by atoms with Gasteiger partial charge in [0.05, 0.1) is 0 Å². The Balaban J connectivity index is 2.65. The van der Waals surface area contributed by atoms with E-state index >= 15 is 0 Å². The summed E-state index contributed by atoms with van der Waals surface area (Å²) in [7, 11) is 1.47. The van der Waals surface area contributed by atoms with Crippen molar-refractivity contribution in [2.45, 2.75) is 59.1 Å². The van der Waals surface area contributed by atoms with Crippen LogP contribution >= 0.6 is 0 Å². The maximum absolute atomic E-state index is 12.9. The summed E-state index contributed by atoms with van der Waals surface area (Å²) in [6.07, 6.45) is 0.289. The summed E-state index contributed by atoms with van der Waals surface area (Å²) in [5, 5.41) is 11.5. The van der Waals surface area contributed by atoms with E-state index in [1.807, 2.05) is 13.8 Å². The lowest BCUT2D eigenvalue weighted by molar-refractivity contribution is -0.146. The number of carboxylic acids is 1. The van der Waals surface area contributed by atoms with Gasteiger partial charge >= 0.3 is 12.1 Å². The molecule has 1 saturated heterocycles. The average Bonchev–Trinajstić information content (AvgIpc) is 2.56. The molecule has 9 nitrogen and oxygen atoms in total. The topological polar surface area (TPSA) is 116 Å². The third-order valence-electron chi connectivity index (χ3n) is 4.51. The number of carbonyl (C=O) groups excluding carboxylic acids is 3. The van der Waals surface area contributed by atoms with Crippen molar-refractivity contribution in [2.75, 3.05) is 26.7 Å². The number of likely N-dealkylation sites (tertiary alicyclic amines) is 1. The Morgan fingerprint density at radius 1 is 1.18 bits per heavy atom. The van der Waals surface area contributed by atoms with Crippen molar-refractivity contribution in [3.8, 4) is 0 Å². The molecular formula is C19H33N3O6. The number of likely N-dealkylation sites (N-methyl/N-ethyl adjacent to an activating group) is 1. The monoisotopic (exact) mass is 399 g/mol. The maximum Gasteiger partial charge on any atom is 0.408 e. The minimum absolute atomic E-state index is 0.124. The molecule has 1 aliphatic heterocycles. The van der Waals surface area contributed by atoms with Gasteiger partial charge in [-0.3, -0.25) is 14.4 Å². The molecule has 0 saturated carbocycles. The molecule has 0 aliphatic carbocycles. The van der Waals surface area contributed by atoms with Crippen LogP contribution in [0.3, 0.4) is 0 Å². The van der Waals surface area contributed by atoms with Crippen LogP contribution in [0.1, 0.15) is 47.5 Å². The van der Waals surface area contributed by atoms with Gasteiger partial charge in [-0.25, -0.2) is 4.79 Å². The molecule has 3 amide bonds. The van der Waals surface area contributed by atoms with Crippen molar-refractivity contribution >= 4 is 23.9 Å². The highest BCUT2D eigenvalue weighted by Crippen LogP contribution is 2.21. The zero-order chi connectivity index (χ0) is 21.6. The maximum atomic E-state index is 12.9. The smallest absolute Gasteiger partial charge is 0.408 e. The highest BCUT2D eigenvalue weighted by atomic mass is 16.6. The van der Waals surface area contributed by atoms with Crippen LogP contribution in [0.5, 0.6) is 0 Å². The number of hydrogen-bond donors (Lipinski definition) is 2. The minimum Gasteiger partial charge on any atom is -0.480 e. The van der Waals surface area contributed by atoms with Crippen LogP contribution in [-0.4, -0.2) is 77.1 Å². The molecule has 0 aromatic carbocycles. The summed E-state index contributed by atoms with van der Waals surface area (Å²) in [5.74, 6) is -1.91. The van der Waals surface area contributed by atoms with E-state index in [1.54, 1.807) is 25.7 Å². The van der Waals surface area contributed by atoms with Crippen LogP contribution < -0.4 is 5.32 Å². The summed E-state index contributed by atoms with van der Waals surface area (Å²) in [5.41, 5.74) is -0.657. The molecular weight excluding hydrogens is 366 g/mol. The number of amides is 3. The molecule has 0 aromatic rings. The number of aliphatic carboxylic acids is 1. The second-order valence-corrected chi connectivity index (χ2v) is 8.56. The molecule has 1 heterocycles. The van der Waals surface area contributed by atoms with E-state index in [2.05, 4.69) is 5.32 Å². The Kier molecular flexibility index (Phi) is 8.26. The van der Waals surface area contributed by atoms with Gasteiger partial charge in [-0.2, -0.15) is 0 Å². The highest BCUT2D eigenvalue weighted by molar-refractivity contribution is 5.87. The van der Waals surface area contributed by atoms with Gasteiger partial charge in [0.2, 0.25) is 11.8 Å². The molecule has 0 unspecified atom stereocenters. The van der Waals surface area contributed by atoms with Gasteiger partial charge in [-0.15, -0.1) is 0 Å². The van der Waals surface area contributed by atoms with Crippen LogP contribution in [0.25, 0.3) is 0 Å². The fourth-order valence-electron chi connectivity index (χ4n) is 3.08. The number of nitrogens with zero attached hydrogens (tertiary/aromatic N) is 2. The van der Waals surface area contributed by atoms with Gasteiger partial charge < -0.3 is 25.0 Å². The van der Waals surface area contributed by atoms with E-state index in [1.165, 1.54) is 11.9 Å². The standard InChI is InChI=1S/C19H33N3O6/c1-12(2)15(20-18(27)28-19(3,4)5)17(26)22-9-7-13(8-10-22)16(25)21(6)11-14(23)24/h12-13,15H,7-11H2,1-6H3,(H,20,27)(H,23,24)/t15-/m0/s1. The van der Waals surface area contributed by atoms with Crippen LogP contribution in [0.15, 0.2) is 0 Å². The summed E-state index contributed by atoms with van der Waals surface area (Å²) < 4.78 is 5.24. The van der Waals surface area contributed by atoms with E-state index in [0.29, 0.717) is 25.9 Å². The predicted molar refractivity (Wildman–Crippen MR) is 103 cm³/mol. The molecule has 1 atom stereocenters.